The lowest BCUT2D eigenvalue weighted by molar-refractivity contribution is -0.125. The van der Waals surface area contributed by atoms with E-state index in [0.29, 0.717) is 18.0 Å². The first-order valence-electron chi connectivity index (χ1n) is 8.24. The lowest BCUT2D eigenvalue weighted by Crippen LogP contribution is -2.41. The van der Waals surface area contributed by atoms with Crippen LogP contribution >= 0.6 is 0 Å². The summed E-state index contributed by atoms with van der Waals surface area (Å²) < 4.78 is 0. The van der Waals surface area contributed by atoms with Crippen molar-refractivity contribution in [2.75, 3.05) is 6.54 Å². The summed E-state index contributed by atoms with van der Waals surface area (Å²) in [7, 11) is 0. The van der Waals surface area contributed by atoms with Crippen molar-refractivity contribution in [3.63, 3.8) is 0 Å². The molecule has 0 atom stereocenters. The molecule has 0 unspecified atom stereocenters. The highest BCUT2D eigenvalue weighted by molar-refractivity contribution is 5.87. The highest BCUT2D eigenvalue weighted by Gasteiger charge is 2.29. The molecule has 0 saturated heterocycles. The Morgan fingerprint density at radius 3 is 2.33 bits per heavy atom. The summed E-state index contributed by atoms with van der Waals surface area (Å²) in [6.45, 7) is 8.70. The Labute approximate surface area is 144 Å². The van der Waals surface area contributed by atoms with Crippen molar-refractivity contribution in [1.82, 2.24) is 5.32 Å². The van der Waals surface area contributed by atoms with Crippen molar-refractivity contribution in [3.05, 3.63) is 59.7 Å². The van der Waals surface area contributed by atoms with Gasteiger partial charge in [0.15, 0.2) is 0 Å². The summed E-state index contributed by atoms with van der Waals surface area (Å²) >= 11 is 0. The smallest absolute Gasteiger partial charge is 0.230 e. The SMILES string of the molecule is CC(C)CNC(=O)C(C)(C)c1ccc(-c2ccccc2C#N)cc1. The van der Waals surface area contributed by atoms with E-state index in [-0.39, 0.29) is 5.91 Å². The molecular formula is C21H24N2O. The lowest BCUT2D eigenvalue weighted by Gasteiger charge is -2.25. The molecule has 0 saturated carbocycles. The van der Waals surface area contributed by atoms with Crippen LogP contribution in [0.4, 0.5) is 0 Å². The molecular weight excluding hydrogens is 296 g/mol. The topological polar surface area (TPSA) is 52.9 Å². The molecule has 3 nitrogen and oxygen atoms in total. The molecule has 0 radical (unpaired) electrons. The average Bonchev–Trinajstić information content (AvgIpc) is 2.59. The standard InChI is InChI=1S/C21H24N2O/c1-15(2)14-23-20(24)21(3,4)18-11-9-16(10-12-18)19-8-6-5-7-17(19)13-22/h5-12,15H,14H2,1-4H3,(H,23,24). The maximum atomic E-state index is 12.5. The Balaban J connectivity index is 2.25. The summed E-state index contributed by atoms with van der Waals surface area (Å²) in [6.07, 6.45) is 0. The lowest BCUT2D eigenvalue weighted by atomic mass is 9.82. The molecule has 2 aromatic carbocycles. The highest BCUT2D eigenvalue weighted by Crippen LogP contribution is 2.28. The van der Waals surface area contributed by atoms with Crippen LogP contribution in [-0.4, -0.2) is 12.5 Å². The number of carbonyl (C=O) groups excluding carboxylic acids is 1. The van der Waals surface area contributed by atoms with Gasteiger partial charge in [0.1, 0.15) is 0 Å². The first kappa shape index (κ1) is 17.7. The predicted octanol–water partition coefficient (Wildman–Crippen LogP) is 4.28. The van der Waals surface area contributed by atoms with Gasteiger partial charge >= 0.3 is 0 Å². The van der Waals surface area contributed by atoms with Crippen LogP contribution in [-0.2, 0) is 10.2 Å². The Morgan fingerprint density at radius 2 is 1.75 bits per heavy atom. The highest BCUT2D eigenvalue weighted by atomic mass is 16.2. The van der Waals surface area contributed by atoms with Crippen molar-refractivity contribution in [2.45, 2.75) is 33.1 Å². The average molecular weight is 320 g/mol. The monoisotopic (exact) mass is 320 g/mol. The molecule has 0 aliphatic carbocycles. The molecule has 124 valence electrons. The number of rotatable bonds is 5. The Morgan fingerprint density at radius 1 is 1.12 bits per heavy atom. The quantitative estimate of drug-likeness (QED) is 0.894. The minimum Gasteiger partial charge on any atom is -0.355 e. The van der Waals surface area contributed by atoms with Crippen molar-refractivity contribution in [2.24, 2.45) is 5.92 Å². The number of hydrogen-bond donors (Lipinski definition) is 1. The second-order valence-electron chi connectivity index (χ2n) is 6.96. The van der Waals surface area contributed by atoms with E-state index in [2.05, 4.69) is 25.2 Å². The molecule has 3 heteroatoms. The maximum Gasteiger partial charge on any atom is 0.230 e. The van der Waals surface area contributed by atoms with Crippen LogP contribution in [0.1, 0.15) is 38.8 Å². The minimum atomic E-state index is -0.595. The first-order valence-corrected chi connectivity index (χ1v) is 8.24. The van der Waals surface area contributed by atoms with Gasteiger partial charge in [-0.2, -0.15) is 5.26 Å². The molecule has 0 heterocycles. The zero-order valence-corrected chi connectivity index (χ0v) is 14.8. The third-order valence-electron chi connectivity index (χ3n) is 4.20. The van der Waals surface area contributed by atoms with Crippen molar-refractivity contribution >= 4 is 5.91 Å². The van der Waals surface area contributed by atoms with Gasteiger partial charge in [0, 0.05) is 6.54 Å². The summed E-state index contributed by atoms with van der Waals surface area (Å²) in [5.41, 5.74) is 2.91. The van der Waals surface area contributed by atoms with Gasteiger partial charge in [0.2, 0.25) is 5.91 Å². The van der Waals surface area contributed by atoms with Gasteiger partial charge in [-0.1, -0.05) is 56.3 Å². The zero-order chi connectivity index (χ0) is 17.7. The number of amides is 1. The Hall–Kier alpha value is -2.60. The summed E-state index contributed by atoms with van der Waals surface area (Å²) in [5, 5.41) is 12.2. The molecule has 0 aliphatic rings. The number of nitriles is 1. The van der Waals surface area contributed by atoms with Crippen molar-refractivity contribution in [1.29, 1.82) is 5.26 Å². The molecule has 1 amide bonds. The van der Waals surface area contributed by atoms with E-state index in [9.17, 15) is 10.1 Å². The molecule has 2 aromatic rings. The molecule has 0 spiro atoms. The fourth-order valence-electron chi connectivity index (χ4n) is 2.55. The van der Waals surface area contributed by atoms with E-state index < -0.39 is 5.41 Å². The first-order chi connectivity index (χ1) is 11.4. The Kier molecular flexibility index (Phi) is 5.41. The van der Waals surface area contributed by atoms with E-state index in [4.69, 9.17) is 0 Å². The number of nitrogens with zero attached hydrogens (tertiary/aromatic N) is 1. The van der Waals surface area contributed by atoms with Crippen molar-refractivity contribution in [3.8, 4) is 17.2 Å². The van der Waals surface area contributed by atoms with Gasteiger partial charge in [-0.15, -0.1) is 0 Å². The fraction of sp³-hybridized carbons (Fsp3) is 0.333. The number of hydrogen-bond acceptors (Lipinski definition) is 2. The summed E-state index contributed by atoms with van der Waals surface area (Å²) in [4.78, 5) is 12.5. The molecule has 2 rings (SSSR count). The number of benzene rings is 2. The van der Waals surface area contributed by atoms with Crippen LogP contribution in [0.15, 0.2) is 48.5 Å². The molecule has 1 N–H and O–H groups in total. The zero-order valence-electron chi connectivity index (χ0n) is 14.8. The second-order valence-corrected chi connectivity index (χ2v) is 6.96. The van der Waals surface area contributed by atoms with E-state index in [0.717, 1.165) is 16.7 Å². The molecule has 0 bridgehead atoms. The summed E-state index contributed by atoms with van der Waals surface area (Å²) in [6, 6.07) is 17.6. The van der Waals surface area contributed by atoms with Crippen LogP contribution < -0.4 is 5.32 Å². The van der Waals surface area contributed by atoms with Crippen LogP contribution in [0.5, 0.6) is 0 Å². The largest absolute Gasteiger partial charge is 0.355 e. The predicted molar refractivity (Wildman–Crippen MR) is 97.5 cm³/mol. The Bertz CT molecular complexity index is 752. The van der Waals surface area contributed by atoms with E-state index >= 15 is 0 Å². The summed E-state index contributed by atoms with van der Waals surface area (Å²) in [5.74, 6) is 0.455. The van der Waals surface area contributed by atoms with Crippen LogP contribution in [0.2, 0.25) is 0 Å². The van der Waals surface area contributed by atoms with Gasteiger partial charge in [-0.3, -0.25) is 4.79 Å². The van der Waals surface area contributed by atoms with Crippen LogP contribution in [0, 0.1) is 17.2 Å². The van der Waals surface area contributed by atoms with Gasteiger partial charge < -0.3 is 5.32 Å². The van der Waals surface area contributed by atoms with Crippen LogP contribution in [0.3, 0.4) is 0 Å². The molecule has 0 fully saturated rings. The molecule has 24 heavy (non-hydrogen) atoms. The molecule has 0 aliphatic heterocycles. The number of carbonyl (C=O) groups is 1. The van der Waals surface area contributed by atoms with Gasteiger partial charge in [0.25, 0.3) is 0 Å². The second kappa shape index (κ2) is 7.31. The van der Waals surface area contributed by atoms with E-state index in [1.807, 2.05) is 62.4 Å². The van der Waals surface area contributed by atoms with E-state index in [1.54, 1.807) is 0 Å². The minimum absolute atomic E-state index is 0.0291. The van der Waals surface area contributed by atoms with Gasteiger partial charge in [0.05, 0.1) is 17.0 Å². The van der Waals surface area contributed by atoms with Gasteiger partial charge in [-0.25, -0.2) is 0 Å². The van der Waals surface area contributed by atoms with Gasteiger partial charge in [-0.05, 0) is 42.5 Å². The van der Waals surface area contributed by atoms with Crippen LogP contribution in [0.25, 0.3) is 11.1 Å². The molecule has 0 aromatic heterocycles. The third-order valence-corrected chi connectivity index (χ3v) is 4.20. The number of nitrogens with one attached hydrogen (secondary N) is 1. The van der Waals surface area contributed by atoms with Crippen molar-refractivity contribution < 1.29 is 4.79 Å². The maximum absolute atomic E-state index is 12.5. The van der Waals surface area contributed by atoms with E-state index in [1.165, 1.54) is 0 Å². The third kappa shape index (κ3) is 3.83. The fourth-order valence-corrected chi connectivity index (χ4v) is 2.55. The normalized spacial score (nSPS) is 11.2.